The molecule has 3 rings (SSSR count). The van der Waals surface area contributed by atoms with Crippen molar-refractivity contribution in [3.8, 4) is 11.5 Å². The Kier molecular flexibility index (Phi) is 6.58. The molecule has 0 saturated carbocycles. The van der Waals surface area contributed by atoms with Gasteiger partial charge < -0.3 is 15.4 Å². The topological polar surface area (TPSA) is 67.4 Å². The predicted molar refractivity (Wildman–Crippen MR) is 110 cm³/mol. The molecule has 6 heteroatoms. The van der Waals surface area contributed by atoms with E-state index in [1.807, 2.05) is 24.3 Å². The lowest BCUT2D eigenvalue weighted by atomic mass is 10.1. The molecule has 0 aromatic heterocycles. The van der Waals surface area contributed by atoms with Crippen molar-refractivity contribution in [2.75, 3.05) is 11.9 Å². The number of carbonyl (C=O) groups excluding carboxylic acids is 2. The lowest BCUT2D eigenvalue weighted by Gasteiger charge is -2.08. The van der Waals surface area contributed by atoms with Crippen LogP contribution in [0.15, 0.2) is 72.8 Å². The van der Waals surface area contributed by atoms with Crippen molar-refractivity contribution in [3.63, 3.8) is 0 Å². The van der Waals surface area contributed by atoms with Crippen LogP contribution in [0.3, 0.4) is 0 Å². The van der Waals surface area contributed by atoms with E-state index in [9.17, 15) is 14.0 Å². The molecule has 3 aromatic carbocycles. The van der Waals surface area contributed by atoms with Gasteiger partial charge in [-0.3, -0.25) is 9.59 Å². The average molecular weight is 392 g/mol. The van der Waals surface area contributed by atoms with E-state index in [1.165, 1.54) is 19.1 Å². The van der Waals surface area contributed by atoms with Gasteiger partial charge in [-0.05, 0) is 60.5 Å². The maximum Gasteiger partial charge on any atom is 0.251 e. The molecule has 2 N–H and O–H groups in total. The summed E-state index contributed by atoms with van der Waals surface area (Å²) in [6, 6.07) is 20.0. The van der Waals surface area contributed by atoms with Crippen LogP contribution in [0.4, 0.5) is 10.1 Å². The molecule has 0 radical (unpaired) electrons. The summed E-state index contributed by atoms with van der Waals surface area (Å²) in [5, 5.41) is 5.58. The monoisotopic (exact) mass is 392 g/mol. The van der Waals surface area contributed by atoms with E-state index >= 15 is 0 Å². The number of anilines is 1. The third kappa shape index (κ3) is 6.17. The third-order valence-electron chi connectivity index (χ3n) is 4.12. The zero-order valence-corrected chi connectivity index (χ0v) is 15.9. The number of benzene rings is 3. The molecule has 0 aliphatic rings. The van der Waals surface area contributed by atoms with Gasteiger partial charge in [0.1, 0.15) is 17.3 Å². The van der Waals surface area contributed by atoms with Gasteiger partial charge in [-0.25, -0.2) is 4.39 Å². The molecule has 2 amide bonds. The van der Waals surface area contributed by atoms with Crippen LogP contribution in [-0.2, 0) is 11.2 Å². The van der Waals surface area contributed by atoms with Crippen LogP contribution < -0.4 is 15.4 Å². The minimum atomic E-state index is -0.372. The molecule has 0 atom stereocenters. The summed E-state index contributed by atoms with van der Waals surface area (Å²) in [5.41, 5.74) is 2.31. The molecule has 3 aromatic rings. The van der Waals surface area contributed by atoms with E-state index in [0.717, 1.165) is 11.3 Å². The summed E-state index contributed by atoms with van der Waals surface area (Å²) in [4.78, 5) is 23.3. The Morgan fingerprint density at radius 1 is 0.931 bits per heavy atom. The van der Waals surface area contributed by atoms with Crippen LogP contribution in [0.2, 0.25) is 0 Å². The van der Waals surface area contributed by atoms with Gasteiger partial charge in [0.15, 0.2) is 0 Å². The fourth-order valence-electron chi connectivity index (χ4n) is 2.72. The van der Waals surface area contributed by atoms with Crippen molar-refractivity contribution in [2.24, 2.45) is 0 Å². The van der Waals surface area contributed by atoms with Crippen LogP contribution >= 0.6 is 0 Å². The van der Waals surface area contributed by atoms with Gasteiger partial charge in [0, 0.05) is 30.8 Å². The SMILES string of the molecule is CC(=O)Nc1ccc(CCNC(=O)c2ccc(Oc3cccc(F)c3)cc2)cc1. The van der Waals surface area contributed by atoms with Gasteiger partial charge in [0.25, 0.3) is 5.91 Å². The van der Waals surface area contributed by atoms with Gasteiger partial charge in [0.2, 0.25) is 5.91 Å². The smallest absolute Gasteiger partial charge is 0.251 e. The van der Waals surface area contributed by atoms with E-state index in [2.05, 4.69) is 10.6 Å². The summed E-state index contributed by atoms with van der Waals surface area (Å²) < 4.78 is 18.8. The number of hydrogen-bond donors (Lipinski definition) is 2. The van der Waals surface area contributed by atoms with Crippen LogP contribution in [0.5, 0.6) is 11.5 Å². The first kappa shape index (κ1) is 20.1. The fourth-order valence-corrected chi connectivity index (χ4v) is 2.72. The number of carbonyl (C=O) groups is 2. The quantitative estimate of drug-likeness (QED) is 0.620. The van der Waals surface area contributed by atoms with Crippen LogP contribution in [0, 0.1) is 5.82 Å². The van der Waals surface area contributed by atoms with E-state index in [4.69, 9.17) is 4.74 Å². The Balaban J connectivity index is 1.48. The Morgan fingerprint density at radius 3 is 2.31 bits per heavy atom. The molecule has 0 heterocycles. The van der Waals surface area contributed by atoms with E-state index in [-0.39, 0.29) is 17.6 Å². The Hall–Kier alpha value is -3.67. The van der Waals surface area contributed by atoms with Crippen LogP contribution in [0.1, 0.15) is 22.8 Å². The number of ether oxygens (including phenoxy) is 1. The van der Waals surface area contributed by atoms with Crippen LogP contribution in [0.25, 0.3) is 0 Å². The van der Waals surface area contributed by atoms with Gasteiger partial charge in [-0.1, -0.05) is 18.2 Å². The van der Waals surface area contributed by atoms with Crippen LogP contribution in [-0.4, -0.2) is 18.4 Å². The molecule has 5 nitrogen and oxygen atoms in total. The van der Waals surface area contributed by atoms with E-state index < -0.39 is 0 Å². The second-order valence-corrected chi connectivity index (χ2v) is 6.47. The molecular weight excluding hydrogens is 371 g/mol. The van der Waals surface area contributed by atoms with E-state index in [1.54, 1.807) is 36.4 Å². The maximum absolute atomic E-state index is 13.2. The first-order valence-corrected chi connectivity index (χ1v) is 9.18. The standard InChI is InChI=1S/C23H21FN2O3/c1-16(27)26-20-9-5-17(6-10-20)13-14-25-23(28)18-7-11-21(12-8-18)29-22-4-2-3-19(24)15-22/h2-12,15H,13-14H2,1H3,(H,25,28)(H,26,27). The highest BCUT2D eigenvalue weighted by Crippen LogP contribution is 2.22. The lowest BCUT2D eigenvalue weighted by molar-refractivity contribution is -0.114. The van der Waals surface area contributed by atoms with Gasteiger partial charge >= 0.3 is 0 Å². The summed E-state index contributed by atoms with van der Waals surface area (Å²) >= 11 is 0. The highest BCUT2D eigenvalue weighted by Gasteiger charge is 2.06. The first-order chi connectivity index (χ1) is 14.0. The van der Waals surface area contributed by atoms with Crippen molar-refractivity contribution in [3.05, 3.63) is 89.7 Å². The number of rotatable bonds is 7. The molecule has 0 bridgehead atoms. The molecule has 29 heavy (non-hydrogen) atoms. The Bertz CT molecular complexity index is 986. The number of nitrogens with one attached hydrogen (secondary N) is 2. The minimum Gasteiger partial charge on any atom is -0.457 e. The summed E-state index contributed by atoms with van der Waals surface area (Å²) in [6.45, 7) is 1.95. The van der Waals surface area contributed by atoms with E-state index in [0.29, 0.717) is 30.0 Å². The zero-order chi connectivity index (χ0) is 20.6. The normalized spacial score (nSPS) is 10.3. The van der Waals surface area contributed by atoms with Crippen molar-refractivity contribution in [1.82, 2.24) is 5.32 Å². The molecule has 0 fully saturated rings. The second kappa shape index (κ2) is 9.50. The molecule has 0 spiro atoms. The first-order valence-electron chi connectivity index (χ1n) is 9.18. The third-order valence-corrected chi connectivity index (χ3v) is 4.12. The number of halogens is 1. The van der Waals surface area contributed by atoms with Crippen molar-refractivity contribution < 1.29 is 18.7 Å². The molecule has 0 saturated heterocycles. The zero-order valence-electron chi connectivity index (χ0n) is 15.9. The lowest BCUT2D eigenvalue weighted by Crippen LogP contribution is -2.25. The minimum absolute atomic E-state index is 0.114. The van der Waals surface area contributed by atoms with Crippen molar-refractivity contribution in [2.45, 2.75) is 13.3 Å². The van der Waals surface area contributed by atoms with Gasteiger partial charge in [-0.2, -0.15) is 0 Å². The summed E-state index contributed by atoms with van der Waals surface area (Å²) in [7, 11) is 0. The maximum atomic E-state index is 13.2. The van der Waals surface area contributed by atoms with Crippen molar-refractivity contribution in [1.29, 1.82) is 0 Å². The largest absolute Gasteiger partial charge is 0.457 e. The highest BCUT2D eigenvalue weighted by molar-refractivity contribution is 5.94. The average Bonchev–Trinajstić information content (AvgIpc) is 2.69. The second-order valence-electron chi connectivity index (χ2n) is 6.47. The predicted octanol–water partition coefficient (Wildman–Crippen LogP) is 4.55. The molecular formula is C23H21FN2O3. The Morgan fingerprint density at radius 2 is 1.66 bits per heavy atom. The molecule has 148 valence electrons. The van der Waals surface area contributed by atoms with Crippen molar-refractivity contribution >= 4 is 17.5 Å². The summed E-state index contributed by atoms with van der Waals surface area (Å²) in [6.07, 6.45) is 0.673. The highest BCUT2D eigenvalue weighted by atomic mass is 19.1. The number of amides is 2. The summed E-state index contributed by atoms with van der Waals surface area (Å²) in [5.74, 6) is 0.246. The molecule has 0 aliphatic heterocycles. The molecule has 0 aliphatic carbocycles. The molecule has 0 unspecified atom stereocenters. The van der Waals surface area contributed by atoms with Gasteiger partial charge in [0.05, 0.1) is 0 Å². The fraction of sp³-hybridized carbons (Fsp3) is 0.130. The van der Waals surface area contributed by atoms with Gasteiger partial charge in [-0.15, -0.1) is 0 Å². The number of hydrogen-bond acceptors (Lipinski definition) is 3. The Labute approximate surface area is 168 Å².